The van der Waals surface area contributed by atoms with E-state index in [1.807, 2.05) is 35.8 Å². The topological polar surface area (TPSA) is 135 Å². The van der Waals surface area contributed by atoms with Crippen molar-refractivity contribution in [3.63, 3.8) is 0 Å². The predicted octanol–water partition coefficient (Wildman–Crippen LogP) is 5.94. The van der Waals surface area contributed by atoms with Crippen molar-refractivity contribution in [2.24, 2.45) is 0 Å². The largest absolute Gasteiger partial charge is 0.497 e. The molecule has 13 heteroatoms. The second-order valence-electron chi connectivity index (χ2n) is 8.09. The number of hydrogen-bond donors (Lipinski definition) is 0. The lowest BCUT2D eigenvalue weighted by atomic mass is 10.1. The van der Waals surface area contributed by atoms with Crippen LogP contribution in [-0.2, 0) is 6.61 Å². The number of aromatic nitrogens is 3. The lowest BCUT2D eigenvalue weighted by molar-refractivity contribution is -0.479. The van der Waals surface area contributed by atoms with Gasteiger partial charge in [-0.15, -0.1) is 10.2 Å². The fourth-order valence-corrected chi connectivity index (χ4v) is 5.31. The molecule has 0 aliphatic carbocycles. The molecule has 4 aromatic rings. The first kappa shape index (κ1) is 27.1. The molecule has 4 rings (SSSR count). The number of halogens is 1. The second-order valence-corrected chi connectivity index (χ2v) is 10.1. The summed E-state index contributed by atoms with van der Waals surface area (Å²) in [7, 11) is 1.59. The molecular formula is C25H22BrN5O6S. The standard InChI is InChI=1S/C25H22BrN5O6S/c1-16-27-28-25(30(16)19-8-10-21(36-2)11-9-19)38-24(14-29(32)33)18-5-12-23(22(26)13-18)37-15-17-3-6-20(7-4-17)31(34)35/h3-13,24H,14-15H2,1-2H3/t24-/m1/s1. The predicted molar refractivity (Wildman–Crippen MR) is 145 cm³/mol. The Morgan fingerprint density at radius 3 is 2.34 bits per heavy atom. The third-order valence-corrected chi connectivity index (χ3v) is 7.36. The summed E-state index contributed by atoms with van der Waals surface area (Å²) in [5.41, 5.74) is 2.29. The Bertz CT molecular complexity index is 1450. The summed E-state index contributed by atoms with van der Waals surface area (Å²) >= 11 is 4.75. The van der Waals surface area contributed by atoms with Crippen LogP contribution in [0, 0.1) is 27.2 Å². The Morgan fingerprint density at radius 2 is 1.74 bits per heavy atom. The number of nitro groups is 2. The van der Waals surface area contributed by atoms with Crippen LogP contribution in [-0.4, -0.2) is 38.3 Å². The number of ether oxygens (including phenoxy) is 2. The van der Waals surface area contributed by atoms with Gasteiger partial charge in [0.1, 0.15) is 29.2 Å². The molecule has 0 amide bonds. The van der Waals surface area contributed by atoms with Crippen LogP contribution in [0.2, 0.25) is 0 Å². The van der Waals surface area contributed by atoms with E-state index in [-0.39, 0.29) is 23.8 Å². The van der Waals surface area contributed by atoms with Gasteiger partial charge in [0.25, 0.3) is 5.69 Å². The molecule has 11 nitrogen and oxygen atoms in total. The monoisotopic (exact) mass is 599 g/mol. The van der Waals surface area contributed by atoms with Gasteiger partial charge in [-0.3, -0.25) is 24.8 Å². The first-order valence-corrected chi connectivity index (χ1v) is 12.9. The molecule has 1 atom stereocenters. The van der Waals surface area contributed by atoms with Crippen molar-refractivity contribution in [1.29, 1.82) is 0 Å². The van der Waals surface area contributed by atoms with E-state index in [1.165, 1.54) is 23.9 Å². The van der Waals surface area contributed by atoms with Crippen LogP contribution >= 0.6 is 27.7 Å². The summed E-state index contributed by atoms with van der Waals surface area (Å²) in [6.07, 6.45) is 0. The molecule has 0 N–H and O–H groups in total. The SMILES string of the molecule is COc1ccc(-n2c(C)nnc2S[C@H](C[N+](=O)[O-])c2ccc(OCc3ccc([N+](=O)[O-])cc3)c(Br)c2)cc1. The molecule has 0 aliphatic rings. The average molecular weight is 600 g/mol. The van der Waals surface area contributed by atoms with E-state index in [0.717, 1.165) is 11.3 Å². The van der Waals surface area contributed by atoms with Gasteiger partial charge >= 0.3 is 0 Å². The molecule has 0 aliphatic heterocycles. The molecule has 0 radical (unpaired) electrons. The number of hydrogen-bond acceptors (Lipinski definition) is 9. The molecule has 0 saturated heterocycles. The third-order valence-electron chi connectivity index (χ3n) is 5.56. The summed E-state index contributed by atoms with van der Waals surface area (Å²) in [4.78, 5) is 21.6. The maximum atomic E-state index is 11.5. The van der Waals surface area contributed by atoms with Crippen molar-refractivity contribution in [1.82, 2.24) is 14.8 Å². The van der Waals surface area contributed by atoms with Gasteiger partial charge < -0.3 is 9.47 Å². The molecule has 1 aromatic heterocycles. The normalized spacial score (nSPS) is 11.7. The van der Waals surface area contributed by atoms with Crippen molar-refractivity contribution in [3.05, 3.63) is 108 Å². The van der Waals surface area contributed by atoms with Crippen LogP contribution in [0.1, 0.15) is 22.2 Å². The summed E-state index contributed by atoms with van der Waals surface area (Å²) in [6, 6.07) is 18.8. The fourth-order valence-electron chi connectivity index (χ4n) is 3.63. The second kappa shape index (κ2) is 12.0. The maximum Gasteiger partial charge on any atom is 0.269 e. The minimum absolute atomic E-state index is 0.00614. The lowest BCUT2D eigenvalue weighted by Crippen LogP contribution is -2.11. The van der Waals surface area contributed by atoms with Gasteiger partial charge in [-0.25, -0.2) is 0 Å². The summed E-state index contributed by atoms with van der Waals surface area (Å²) < 4.78 is 13.6. The minimum atomic E-state index is -0.550. The summed E-state index contributed by atoms with van der Waals surface area (Å²) in [6.45, 7) is 1.69. The average Bonchev–Trinajstić information content (AvgIpc) is 3.27. The molecule has 1 heterocycles. The number of thioether (sulfide) groups is 1. The first-order valence-electron chi connectivity index (χ1n) is 11.3. The zero-order valence-corrected chi connectivity index (χ0v) is 22.7. The van der Waals surface area contributed by atoms with Crippen molar-refractivity contribution in [3.8, 4) is 17.2 Å². The van der Waals surface area contributed by atoms with Crippen LogP contribution in [0.3, 0.4) is 0 Å². The highest BCUT2D eigenvalue weighted by atomic mass is 79.9. The fraction of sp³-hybridized carbons (Fsp3) is 0.200. The zero-order valence-electron chi connectivity index (χ0n) is 20.3. The highest BCUT2D eigenvalue weighted by molar-refractivity contribution is 9.10. The zero-order chi connectivity index (χ0) is 27.2. The minimum Gasteiger partial charge on any atom is -0.497 e. The molecule has 0 unspecified atom stereocenters. The Balaban J connectivity index is 1.54. The van der Waals surface area contributed by atoms with E-state index in [9.17, 15) is 20.2 Å². The van der Waals surface area contributed by atoms with Crippen LogP contribution in [0.15, 0.2) is 76.4 Å². The Labute approximate surface area is 230 Å². The molecule has 0 fully saturated rings. The van der Waals surface area contributed by atoms with Crippen molar-refractivity contribution >= 4 is 33.4 Å². The summed E-state index contributed by atoms with van der Waals surface area (Å²) in [5.74, 6) is 1.89. The van der Waals surface area contributed by atoms with Gasteiger partial charge in [-0.05, 0) is 82.5 Å². The number of benzene rings is 3. The molecule has 0 spiro atoms. The van der Waals surface area contributed by atoms with Crippen molar-refractivity contribution in [2.45, 2.75) is 23.9 Å². The number of nitro benzene ring substituents is 1. The number of rotatable bonds is 11. The van der Waals surface area contributed by atoms with E-state index in [4.69, 9.17) is 9.47 Å². The number of non-ortho nitro benzene ring substituents is 1. The smallest absolute Gasteiger partial charge is 0.269 e. The Morgan fingerprint density at radius 1 is 1.03 bits per heavy atom. The lowest BCUT2D eigenvalue weighted by Gasteiger charge is -2.16. The van der Waals surface area contributed by atoms with Crippen LogP contribution in [0.4, 0.5) is 5.69 Å². The van der Waals surface area contributed by atoms with Crippen molar-refractivity contribution in [2.75, 3.05) is 13.7 Å². The van der Waals surface area contributed by atoms with E-state index in [0.29, 0.717) is 32.5 Å². The first-order chi connectivity index (χ1) is 18.2. The van der Waals surface area contributed by atoms with Gasteiger partial charge in [0.15, 0.2) is 5.16 Å². The highest BCUT2D eigenvalue weighted by Crippen LogP contribution is 2.39. The van der Waals surface area contributed by atoms with Crippen molar-refractivity contribution < 1.29 is 19.3 Å². The molecule has 3 aromatic carbocycles. The maximum absolute atomic E-state index is 11.5. The van der Waals surface area contributed by atoms with E-state index in [1.54, 1.807) is 37.4 Å². The van der Waals surface area contributed by atoms with Crippen LogP contribution in [0.25, 0.3) is 5.69 Å². The van der Waals surface area contributed by atoms with Gasteiger partial charge in [0.2, 0.25) is 6.54 Å². The molecule has 38 heavy (non-hydrogen) atoms. The molecular weight excluding hydrogens is 578 g/mol. The number of nitrogens with zero attached hydrogens (tertiary/aromatic N) is 5. The van der Waals surface area contributed by atoms with Gasteiger partial charge in [0, 0.05) is 22.7 Å². The van der Waals surface area contributed by atoms with Gasteiger partial charge in [0.05, 0.1) is 16.5 Å². The molecule has 0 saturated carbocycles. The van der Waals surface area contributed by atoms with E-state index >= 15 is 0 Å². The van der Waals surface area contributed by atoms with Gasteiger partial charge in [-0.1, -0.05) is 17.8 Å². The molecule has 196 valence electrons. The Kier molecular flexibility index (Phi) is 8.59. The van der Waals surface area contributed by atoms with Crippen LogP contribution in [0.5, 0.6) is 11.5 Å². The van der Waals surface area contributed by atoms with Gasteiger partial charge in [-0.2, -0.15) is 0 Å². The van der Waals surface area contributed by atoms with E-state index < -0.39 is 10.2 Å². The number of methoxy groups -OCH3 is 1. The molecule has 0 bridgehead atoms. The Hall–Kier alpha value is -3.97. The third kappa shape index (κ3) is 6.47. The number of aryl methyl sites for hydroxylation is 1. The van der Waals surface area contributed by atoms with E-state index in [2.05, 4.69) is 26.1 Å². The quantitative estimate of drug-likeness (QED) is 0.116. The van der Waals surface area contributed by atoms with Crippen LogP contribution < -0.4 is 9.47 Å². The summed E-state index contributed by atoms with van der Waals surface area (Å²) in [5, 5.41) is 30.8. The highest BCUT2D eigenvalue weighted by Gasteiger charge is 2.24.